The van der Waals surface area contributed by atoms with Gasteiger partial charge >= 0.3 is 5.97 Å². The van der Waals surface area contributed by atoms with Crippen LogP contribution in [-0.4, -0.2) is 32.1 Å². The lowest BCUT2D eigenvalue weighted by molar-refractivity contribution is -0.142. The highest BCUT2D eigenvalue weighted by Crippen LogP contribution is 2.36. The summed E-state index contributed by atoms with van der Waals surface area (Å²) in [4.78, 5) is 24.1. The zero-order valence-corrected chi connectivity index (χ0v) is 17.9. The van der Waals surface area contributed by atoms with E-state index in [9.17, 15) is 14.0 Å². The zero-order chi connectivity index (χ0) is 20.3. The normalized spacial score (nSPS) is 14.4. The van der Waals surface area contributed by atoms with Crippen LogP contribution in [0, 0.1) is 5.82 Å². The number of esters is 1. The minimum absolute atomic E-state index is 0.0911. The third kappa shape index (κ3) is 4.44. The first-order chi connectivity index (χ1) is 13.4. The first kappa shape index (κ1) is 20.5. The minimum atomic E-state index is -0.621. The molecule has 2 aromatic rings. The molecule has 0 bridgehead atoms. The Morgan fingerprint density at radius 3 is 2.82 bits per heavy atom. The number of hydrogen-bond acceptors (Lipinski definition) is 5. The highest BCUT2D eigenvalue weighted by atomic mass is 79.9. The van der Waals surface area contributed by atoms with Gasteiger partial charge in [-0.15, -0.1) is 0 Å². The predicted molar refractivity (Wildman–Crippen MR) is 108 cm³/mol. The number of halogens is 3. The molecule has 2 aromatic carbocycles. The Balaban J connectivity index is 1.89. The highest BCUT2D eigenvalue weighted by molar-refractivity contribution is 9.10. The van der Waals surface area contributed by atoms with Crippen molar-refractivity contribution >= 4 is 49.7 Å². The van der Waals surface area contributed by atoms with Gasteiger partial charge in [-0.25, -0.2) is 9.18 Å². The largest absolute Gasteiger partial charge is 0.487 e. The van der Waals surface area contributed by atoms with Crippen LogP contribution in [0.25, 0.3) is 6.08 Å². The number of methoxy groups -OCH3 is 1. The lowest BCUT2D eigenvalue weighted by Gasteiger charge is -2.21. The zero-order valence-electron chi connectivity index (χ0n) is 14.8. The molecule has 8 heteroatoms. The molecule has 0 fully saturated rings. The maximum absolute atomic E-state index is 13.9. The summed E-state index contributed by atoms with van der Waals surface area (Å²) in [5, 5.41) is 0.601. The van der Waals surface area contributed by atoms with Crippen molar-refractivity contribution in [2.24, 2.45) is 0 Å². The summed E-state index contributed by atoms with van der Waals surface area (Å²) in [6, 6.07) is 7.81. The summed E-state index contributed by atoms with van der Waals surface area (Å²) < 4.78 is 30.0. The van der Waals surface area contributed by atoms with Crippen LogP contribution >= 0.6 is 31.9 Å². The number of fused-ring (bicyclic) bond motifs is 1. The van der Waals surface area contributed by atoms with Gasteiger partial charge < -0.3 is 14.2 Å². The molecule has 0 atom stereocenters. The Bertz CT molecular complexity index is 971. The van der Waals surface area contributed by atoms with Gasteiger partial charge in [-0.3, -0.25) is 4.79 Å². The second kappa shape index (κ2) is 8.87. The molecule has 0 amide bonds. The minimum Gasteiger partial charge on any atom is -0.487 e. The van der Waals surface area contributed by atoms with Crippen molar-refractivity contribution < 1.29 is 28.2 Å². The van der Waals surface area contributed by atoms with Crippen molar-refractivity contribution in [2.75, 3.05) is 20.3 Å². The average Bonchev–Trinajstić information content (AvgIpc) is 2.70. The molecule has 0 spiro atoms. The molecule has 28 heavy (non-hydrogen) atoms. The maximum Gasteiger partial charge on any atom is 0.343 e. The van der Waals surface area contributed by atoms with Crippen molar-refractivity contribution in [3.63, 3.8) is 0 Å². The number of ketones is 1. The van der Waals surface area contributed by atoms with Crippen LogP contribution in [0.4, 0.5) is 4.39 Å². The lowest BCUT2D eigenvalue weighted by atomic mass is 9.97. The van der Waals surface area contributed by atoms with Gasteiger partial charge in [0.25, 0.3) is 0 Å². The summed E-state index contributed by atoms with van der Waals surface area (Å²) in [5.74, 6) is -0.995. The van der Waals surface area contributed by atoms with E-state index in [2.05, 4.69) is 36.6 Å². The average molecular weight is 514 g/mol. The molecule has 0 unspecified atom stereocenters. The van der Waals surface area contributed by atoms with Crippen LogP contribution in [0.1, 0.15) is 21.5 Å². The molecule has 0 aromatic heterocycles. The Hall–Kier alpha value is -2.19. The molecule has 0 aliphatic carbocycles. The number of carbonyl (C=O) groups excluding carboxylic acids is 2. The Morgan fingerprint density at radius 1 is 1.32 bits per heavy atom. The number of carbonyl (C=O) groups is 2. The van der Waals surface area contributed by atoms with Crippen LogP contribution in [0.3, 0.4) is 0 Å². The fourth-order valence-electron chi connectivity index (χ4n) is 2.65. The van der Waals surface area contributed by atoms with E-state index in [0.29, 0.717) is 32.3 Å². The summed E-state index contributed by atoms with van der Waals surface area (Å²) in [7, 11) is 1.22. The molecule has 1 aliphatic heterocycles. The van der Waals surface area contributed by atoms with E-state index >= 15 is 0 Å². The smallest absolute Gasteiger partial charge is 0.343 e. The standard InChI is InChI=1S/C20H15Br2FO5/c1-26-18(24)10-27-17-7-11(2-3-16(17)23)4-13-9-28-20-14(19(13)25)5-12(8-21)6-15(20)22/h2-7H,8-10H2,1H3/b13-4+. The number of hydrogen-bond donors (Lipinski definition) is 0. The van der Waals surface area contributed by atoms with Crippen molar-refractivity contribution in [1.29, 1.82) is 0 Å². The lowest BCUT2D eigenvalue weighted by Crippen LogP contribution is -2.19. The van der Waals surface area contributed by atoms with Gasteiger partial charge in [-0.1, -0.05) is 22.0 Å². The monoisotopic (exact) mass is 512 g/mol. The number of rotatable bonds is 5. The molecule has 1 heterocycles. The van der Waals surface area contributed by atoms with Gasteiger partial charge in [0.15, 0.2) is 24.0 Å². The molecule has 146 valence electrons. The topological polar surface area (TPSA) is 61.8 Å². The summed E-state index contributed by atoms with van der Waals surface area (Å²) in [5.41, 5.74) is 2.37. The quantitative estimate of drug-likeness (QED) is 0.329. The molecule has 1 aliphatic rings. The molecule has 3 rings (SSSR count). The van der Waals surface area contributed by atoms with Crippen LogP contribution in [0.2, 0.25) is 0 Å². The van der Waals surface area contributed by atoms with E-state index < -0.39 is 18.4 Å². The Kier molecular flexibility index (Phi) is 6.51. The molecule has 5 nitrogen and oxygen atoms in total. The molecule has 0 saturated carbocycles. The number of benzene rings is 2. The summed E-state index contributed by atoms with van der Waals surface area (Å²) >= 11 is 6.81. The molecular formula is C20H15Br2FO5. The summed E-state index contributed by atoms with van der Waals surface area (Å²) in [6.45, 7) is -0.319. The van der Waals surface area contributed by atoms with Crippen LogP contribution in [0.5, 0.6) is 11.5 Å². The first-order valence-corrected chi connectivity index (χ1v) is 10.1. The Morgan fingerprint density at radius 2 is 2.11 bits per heavy atom. The van der Waals surface area contributed by atoms with Gasteiger partial charge in [0, 0.05) is 10.9 Å². The van der Waals surface area contributed by atoms with Gasteiger partial charge in [0.2, 0.25) is 0 Å². The van der Waals surface area contributed by atoms with Crippen molar-refractivity contribution in [1.82, 2.24) is 0 Å². The van der Waals surface area contributed by atoms with Gasteiger partial charge in [-0.2, -0.15) is 0 Å². The first-order valence-electron chi connectivity index (χ1n) is 8.18. The maximum atomic E-state index is 13.9. The molecular weight excluding hydrogens is 499 g/mol. The fraction of sp³-hybridized carbons (Fsp3) is 0.200. The molecule has 0 radical (unpaired) electrons. The highest BCUT2D eigenvalue weighted by Gasteiger charge is 2.26. The van der Waals surface area contributed by atoms with Crippen LogP contribution in [0.15, 0.2) is 40.4 Å². The SMILES string of the molecule is COC(=O)COc1cc(/C=C2\COc3c(Br)cc(CBr)cc3C2=O)ccc1F. The Labute approximate surface area is 177 Å². The second-order valence-electron chi connectivity index (χ2n) is 5.93. The van der Waals surface area contributed by atoms with Crippen molar-refractivity contribution in [3.05, 3.63) is 62.9 Å². The van der Waals surface area contributed by atoms with E-state index in [1.54, 1.807) is 12.1 Å². The molecule has 0 saturated heterocycles. The van der Waals surface area contributed by atoms with Crippen LogP contribution < -0.4 is 9.47 Å². The van der Waals surface area contributed by atoms with Gasteiger partial charge in [0.05, 0.1) is 17.1 Å². The third-order valence-corrected chi connectivity index (χ3v) is 5.27. The molecule has 0 N–H and O–H groups in total. The third-order valence-electron chi connectivity index (χ3n) is 4.04. The van der Waals surface area contributed by atoms with Gasteiger partial charge in [0.1, 0.15) is 12.4 Å². The van der Waals surface area contributed by atoms with Crippen molar-refractivity contribution in [3.8, 4) is 11.5 Å². The van der Waals surface area contributed by atoms with E-state index in [-0.39, 0.29) is 18.1 Å². The van der Waals surface area contributed by atoms with Gasteiger partial charge in [-0.05, 0) is 57.4 Å². The number of ether oxygens (including phenoxy) is 3. The van der Waals surface area contributed by atoms with E-state index in [4.69, 9.17) is 9.47 Å². The van der Waals surface area contributed by atoms with E-state index in [0.717, 1.165) is 5.56 Å². The van der Waals surface area contributed by atoms with Crippen molar-refractivity contribution in [2.45, 2.75) is 5.33 Å². The number of Topliss-reactive ketones (excluding diaryl/α,β-unsaturated/α-hetero) is 1. The second-order valence-corrected chi connectivity index (χ2v) is 7.35. The fourth-order valence-corrected chi connectivity index (χ4v) is 3.60. The number of alkyl halides is 1. The summed E-state index contributed by atoms with van der Waals surface area (Å²) in [6.07, 6.45) is 1.62. The van der Waals surface area contributed by atoms with E-state index in [1.165, 1.54) is 25.3 Å². The predicted octanol–water partition coefficient (Wildman–Crippen LogP) is 4.69. The van der Waals surface area contributed by atoms with E-state index in [1.807, 2.05) is 6.07 Å². The van der Waals surface area contributed by atoms with Crippen LogP contribution in [-0.2, 0) is 14.9 Å².